The largest absolute Gasteiger partial charge is 0.385 e. The van der Waals surface area contributed by atoms with E-state index in [1.54, 1.807) is 13.2 Å². The molecule has 0 saturated heterocycles. The molecule has 2 aromatic rings. The molecule has 1 N–H and O–H groups in total. The molecule has 0 spiro atoms. The predicted octanol–water partition coefficient (Wildman–Crippen LogP) is 3.33. The lowest BCUT2D eigenvalue weighted by atomic mass is 10.1. The number of aromatic nitrogens is 2. The van der Waals surface area contributed by atoms with Gasteiger partial charge in [-0.2, -0.15) is 0 Å². The fourth-order valence-electron chi connectivity index (χ4n) is 3.26. The summed E-state index contributed by atoms with van der Waals surface area (Å²) >= 11 is 1.36. The summed E-state index contributed by atoms with van der Waals surface area (Å²) in [5, 5.41) is 12.3. The number of hydrogen-bond donors (Lipinski definition) is 1. The quantitative estimate of drug-likeness (QED) is 0.497. The number of rotatable bonds is 9. The number of carbonyl (C=O) groups is 3. The molecular weight excluding hydrogens is 392 g/mol. The Morgan fingerprint density at radius 1 is 1.17 bits per heavy atom. The minimum Gasteiger partial charge on any atom is -0.385 e. The van der Waals surface area contributed by atoms with Gasteiger partial charge in [-0.05, 0) is 37.5 Å². The van der Waals surface area contributed by atoms with Gasteiger partial charge in [0.15, 0.2) is 0 Å². The first kappa shape index (κ1) is 21.1. The SMILES string of the molecule is CCC(CC)c1nnc(NC(=O)c2ccc3c(c2)C(=O)N(CCCOC)C3=O)s1. The summed E-state index contributed by atoms with van der Waals surface area (Å²) in [6.45, 7) is 4.93. The molecule has 0 saturated carbocycles. The highest BCUT2D eigenvalue weighted by Gasteiger charge is 2.35. The second-order valence-corrected chi connectivity index (χ2v) is 7.79. The normalized spacial score (nSPS) is 13.3. The third kappa shape index (κ3) is 4.35. The van der Waals surface area contributed by atoms with Crippen LogP contribution in [0, 0.1) is 0 Å². The minimum atomic E-state index is -0.391. The van der Waals surface area contributed by atoms with Crippen LogP contribution in [0.1, 0.15) is 75.1 Å². The average Bonchev–Trinajstić information content (AvgIpc) is 3.27. The molecule has 3 amide bonds. The fourth-order valence-corrected chi connectivity index (χ4v) is 4.26. The molecule has 1 aliphatic rings. The van der Waals surface area contributed by atoms with Crippen molar-refractivity contribution in [3.63, 3.8) is 0 Å². The van der Waals surface area contributed by atoms with Crippen LogP contribution in [-0.2, 0) is 4.74 Å². The maximum Gasteiger partial charge on any atom is 0.261 e. The summed E-state index contributed by atoms with van der Waals surface area (Å²) in [6, 6.07) is 4.53. The van der Waals surface area contributed by atoms with Gasteiger partial charge < -0.3 is 4.74 Å². The zero-order chi connectivity index (χ0) is 21.0. The van der Waals surface area contributed by atoms with Crippen molar-refractivity contribution in [1.82, 2.24) is 15.1 Å². The van der Waals surface area contributed by atoms with E-state index < -0.39 is 5.91 Å². The van der Waals surface area contributed by atoms with Gasteiger partial charge in [-0.1, -0.05) is 25.2 Å². The van der Waals surface area contributed by atoms with Crippen molar-refractivity contribution in [1.29, 1.82) is 0 Å². The summed E-state index contributed by atoms with van der Waals surface area (Å²) in [5.74, 6) is -0.793. The van der Waals surface area contributed by atoms with Gasteiger partial charge >= 0.3 is 0 Å². The fraction of sp³-hybridized carbons (Fsp3) is 0.450. The van der Waals surface area contributed by atoms with Crippen LogP contribution in [0.25, 0.3) is 0 Å². The van der Waals surface area contributed by atoms with Crippen LogP contribution in [0.3, 0.4) is 0 Å². The Hall–Kier alpha value is -2.65. The summed E-state index contributed by atoms with van der Waals surface area (Å²) in [6.07, 6.45) is 2.48. The maximum atomic E-state index is 12.6. The number of fused-ring (bicyclic) bond motifs is 1. The molecule has 0 bridgehead atoms. The van der Waals surface area contributed by atoms with Gasteiger partial charge in [0, 0.05) is 31.7 Å². The van der Waals surface area contributed by atoms with Crippen molar-refractivity contribution in [2.75, 3.05) is 25.6 Å². The van der Waals surface area contributed by atoms with Crippen LogP contribution in [0.5, 0.6) is 0 Å². The molecule has 9 heteroatoms. The van der Waals surface area contributed by atoms with E-state index in [0.717, 1.165) is 17.8 Å². The topological polar surface area (TPSA) is 101 Å². The van der Waals surface area contributed by atoms with E-state index in [-0.39, 0.29) is 23.9 Å². The number of anilines is 1. The number of benzene rings is 1. The lowest BCUT2D eigenvalue weighted by Crippen LogP contribution is -2.31. The molecule has 154 valence electrons. The third-order valence-electron chi connectivity index (χ3n) is 4.96. The molecule has 2 heterocycles. The molecular formula is C20H24N4O4S. The Balaban J connectivity index is 1.73. The number of nitrogens with one attached hydrogen (secondary N) is 1. The lowest BCUT2D eigenvalue weighted by Gasteiger charge is -2.12. The van der Waals surface area contributed by atoms with Crippen molar-refractivity contribution < 1.29 is 19.1 Å². The molecule has 1 aromatic heterocycles. The van der Waals surface area contributed by atoms with E-state index in [0.29, 0.717) is 35.2 Å². The number of carbonyl (C=O) groups excluding carboxylic acids is 3. The highest BCUT2D eigenvalue weighted by Crippen LogP contribution is 2.29. The first-order valence-corrected chi connectivity index (χ1v) is 10.5. The Morgan fingerprint density at radius 2 is 1.90 bits per heavy atom. The number of methoxy groups -OCH3 is 1. The first-order chi connectivity index (χ1) is 14.0. The van der Waals surface area contributed by atoms with E-state index in [9.17, 15) is 14.4 Å². The molecule has 8 nitrogen and oxygen atoms in total. The maximum absolute atomic E-state index is 12.6. The minimum absolute atomic E-state index is 0.245. The second kappa shape index (κ2) is 9.23. The zero-order valence-corrected chi connectivity index (χ0v) is 17.5. The van der Waals surface area contributed by atoms with Gasteiger partial charge in [-0.15, -0.1) is 10.2 Å². The van der Waals surface area contributed by atoms with Crippen molar-refractivity contribution in [3.8, 4) is 0 Å². The molecule has 1 aromatic carbocycles. The van der Waals surface area contributed by atoms with E-state index in [4.69, 9.17) is 4.74 Å². The van der Waals surface area contributed by atoms with Crippen LogP contribution < -0.4 is 5.32 Å². The van der Waals surface area contributed by atoms with E-state index in [2.05, 4.69) is 29.4 Å². The molecule has 0 unspecified atom stereocenters. The molecule has 29 heavy (non-hydrogen) atoms. The molecule has 0 aliphatic carbocycles. The van der Waals surface area contributed by atoms with Crippen LogP contribution in [0.15, 0.2) is 18.2 Å². The molecule has 0 fully saturated rings. The van der Waals surface area contributed by atoms with E-state index in [1.165, 1.54) is 28.4 Å². The van der Waals surface area contributed by atoms with Gasteiger partial charge in [0.25, 0.3) is 17.7 Å². The third-order valence-corrected chi connectivity index (χ3v) is 5.96. The van der Waals surface area contributed by atoms with Crippen molar-refractivity contribution >= 4 is 34.2 Å². The van der Waals surface area contributed by atoms with E-state index in [1.807, 2.05) is 0 Å². The summed E-state index contributed by atoms with van der Waals surface area (Å²) in [5.41, 5.74) is 0.855. The van der Waals surface area contributed by atoms with Crippen LogP contribution in [0.4, 0.5) is 5.13 Å². The standard InChI is InChI=1S/C20H24N4O4S/c1-4-12(5-2)17-22-23-20(29-17)21-16(25)13-7-8-14-15(11-13)19(27)24(18(14)26)9-6-10-28-3/h7-8,11-12H,4-6,9-10H2,1-3H3,(H,21,23,25). The summed E-state index contributed by atoms with van der Waals surface area (Å²) in [7, 11) is 1.57. The number of amides is 3. The smallest absolute Gasteiger partial charge is 0.261 e. The average molecular weight is 417 g/mol. The number of nitrogens with zero attached hydrogens (tertiary/aromatic N) is 3. The first-order valence-electron chi connectivity index (χ1n) is 9.64. The van der Waals surface area contributed by atoms with E-state index >= 15 is 0 Å². The van der Waals surface area contributed by atoms with Crippen LogP contribution in [-0.4, -0.2) is 53.1 Å². The zero-order valence-electron chi connectivity index (χ0n) is 16.7. The predicted molar refractivity (Wildman–Crippen MR) is 109 cm³/mol. The van der Waals surface area contributed by atoms with Crippen LogP contribution in [0.2, 0.25) is 0 Å². The Morgan fingerprint density at radius 3 is 2.59 bits per heavy atom. The van der Waals surface area contributed by atoms with Crippen molar-refractivity contribution in [3.05, 3.63) is 39.9 Å². The Bertz CT molecular complexity index is 923. The molecule has 1 aliphatic heterocycles. The molecule has 0 radical (unpaired) electrons. The highest BCUT2D eigenvalue weighted by atomic mass is 32.1. The number of hydrogen-bond acceptors (Lipinski definition) is 7. The van der Waals surface area contributed by atoms with Gasteiger partial charge in [0.05, 0.1) is 11.1 Å². The summed E-state index contributed by atoms with van der Waals surface area (Å²) in [4.78, 5) is 38.8. The highest BCUT2D eigenvalue weighted by molar-refractivity contribution is 7.15. The van der Waals surface area contributed by atoms with Gasteiger partial charge in [-0.3, -0.25) is 24.6 Å². The number of ether oxygens (including phenoxy) is 1. The molecule has 0 atom stereocenters. The lowest BCUT2D eigenvalue weighted by molar-refractivity contribution is 0.0638. The Kier molecular flexibility index (Phi) is 6.71. The monoisotopic (exact) mass is 416 g/mol. The molecule has 3 rings (SSSR count). The van der Waals surface area contributed by atoms with Crippen molar-refractivity contribution in [2.45, 2.75) is 39.0 Å². The van der Waals surface area contributed by atoms with Crippen molar-refractivity contribution in [2.24, 2.45) is 0 Å². The van der Waals surface area contributed by atoms with Gasteiger partial charge in [0.2, 0.25) is 5.13 Å². The summed E-state index contributed by atoms with van der Waals surface area (Å²) < 4.78 is 4.97. The van der Waals surface area contributed by atoms with Gasteiger partial charge in [0.1, 0.15) is 5.01 Å². The van der Waals surface area contributed by atoms with Gasteiger partial charge in [-0.25, -0.2) is 0 Å². The second-order valence-electron chi connectivity index (χ2n) is 6.78. The van der Waals surface area contributed by atoms with Crippen LogP contribution >= 0.6 is 11.3 Å². The number of imide groups is 1. The Labute approximate surface area is 173 Å².